The number of carbonyl (C=O) groups excluding carboxylic acids is 2. The van der Waals surface area contributed by atoms with Gasteiger partial charge in [-0.05, 0) is 92.7 Å². The van der Waals surface area contributed by atoms with Crippen LogP contribution in [0.1, 0.15) is 63.4 Å². The maximum atomic E-state index is 13.0. The van der Waals surface area contributed by atoms with E-state index in [4.69, 9.17) is 23.2 Å². The van der Waals surface area contributed by atoms with Crippen molar-refractivity contribution in [3.05, 3.63) is 33.8 Å². The minimum Gasteiger partial charge on any atom is -0.351 e. The van der Waals surface area contributed by atoms with Crippen molar-refractivity contribution in [1.29, 1.82) is 0 Å². The van der Waals surface area contributed by atoms with E-state index in [2.05, 4.69) is 10.6 Å². The lowest BCUT2D eigenvalue weighted by molar-refractivity contribution is -0.128. The average Bonchev–Trinajstić information content (AvgIpc) is 2.71. The van der Waals surface area contributed by atoms with Gasteiger partial charge in [0.05, 0.1) is 0 Å². The Labute approximate surface area is 200 Å². The highest BCUT2D eigenvalue weighted by molar-refractivity contribution is 6.35. The van der Waals surface area contributed by atoms with E-state index < -0.39 is 0 Å². The van der Waals surface area contributed by atoms with E-state index in [1.807, 2.05) is 11.0 Å². The van der Waals surface area contributed by atoms with Crippen molar-refractivity contribution < 1.29 is 9.59 Å². The molecule has 1 aromatic rings. The number of hydrogen-bond acceptors (Lipinski definition) is 2. The van der Waals surface area contributed by atoms with Crippen molar-refractivity contribution in [2.75, 3.05) is 13.1 Å². The molecule has 2 N–H and O–H groups in total. The Bertz CT molecular complexity index is 855. The van der Waals surface area contributed by atoms with Gasteiger partial charge in [0.1, 0.15) is 0 Å². The molecule has 5 aliphatic rings. The Hall–Kier alpha value is -1.46. The van der Waals surface area contributed by atoms with E-state index in [1.54, 1.807) is 12.1 Å². The second-order valence-corrected chi connectivity index (χ2v) is 11.6. The summed E-state index contributed by atoms with van der Waals surface area (Å²) in [6.45, 7) is 1.73. The third-order valence-electron chi connectivity index (χ3n) is 8.17. The molecule has 4 saturated carbocycles. The molecule has 0 aromatic heterocycles. The minimum absolute atomic E-state index is 0.0649. The third kappa shape index (κ3) is 4.89. The number of urea groups is 1. The van der Waals surface area contributed by atoms with Crippen molar-refractivity contribution in [2.24, 2.45) is 23.7 Å². The summed E-state index contributed by atoms with van der Waals surface area (Å²) in [6, 6.07) is 5.19. The molecular weight excluding hydrogens is 445 g/mol. The SMILES string of the molecule is O=C(CC1CCCN(C(=O)NCc2ccc(Cl)cc2Cl)C1)NC12CC3CC(CC(C3)C1)C2. The summed E-state index contributed by atoms with van der Waals surface area (Å²) in [5, 5.41) is 7.59. The summed E-state index contributed by atoms with van der Waals surface area (Å²) in [6.07, 6.45) is 10.1. The zero-order chi connectivity index (χ0) is 22.3. The largest absolute Gasteiger partial charge is 0.351 e. The number of halogens is 2. The fourth-order valence-electron chi connectivity index (χ4n) is 7.24. The zero-order valence-electron chi connectivity index (χ0n) is 18.5. The average molecular weight is 478 g/mol. The summed E-state index contributed by atoms with van der Waals surface area (Å²) in [5.41, 5.74) is 0.906. The van der Waals surface area contributed by atoms with Gasteiger partial charge in [-0.15, -0.1) is 0 Å². The molecule has 1 heterocycles. The van der Waals surface area contributed by atoms with Gasteiger partial charge in [0.25, 0.3) is 0 Å². The molecule has 5 nitrogen and oxygen atoms in total. The van der Waals surface area contributed by atoms with Gasteiger partial charge in [-0.1, -0.05) is 29.3 Å². The van der Waals surface area contributed by atoms with Crippen LogP contribution in [0.4, 0.5) is 4.79 Å². The molecular formula is C25H33Cl2N3O2. The van der Waals surface area contributed by atoms with E-state index in [0.29, 0.717) is 29.6 Å². The van der Waals surface area contributed by atoms with E-state index in [9.17, 15) is 9.59 Å². The highest BCUT2D eigenvalue weighted by Gasteiger charge is 2.51. The molecule has 6 rings (SSSR count). The standard InChI is InChI=1S/C25H33Cl2N3O2/c26-21-4-3-20(22(27)10-21)14-28-24(32)30-5-1-2-16(15-30)9-23(31)29-25-11-17-6-18(12-25)8-19(7-17)13-25/h3-4,10,16-19H,1-2,5-9,11-15H2,(H,28,32)(H,29,31). The molecule has 0 radical (unpaired) electrons. The first-order chi connectivity index (χ1) is 15.4. The summed E-state index contributed by atoms with van der Waals surface area (Å²) in [4.78, 5) is 27.6. The Morgan fingerprint density at radius 3 is 2.41 bits per heavy atom. The van der Waals surface area contributed by atoms with Gasteiger partial charge in [0, 0.05) is 41.6 Å². The van der Waals surface area contributed by atoms with Crippen LogP contribution in [0.5, 0.6) is 0 Å². The summed E-state index contributed by atoms with van der Waals surface area (Å²) in [7, 11) is 0. The van der Waals surface area contributed by atoms with Crippen LogP contribution < -0.4 is 10.6 Å². The maximum Gasteiger partial charge on any atom is 0.317 e. The number of nitrogens with zero attached hydrogens (tertiary/aromatic N) is 1. The molecule has 7 heteroatoms. The van der Waals surface area contributed by atoms with Crippen molar-refractivity contribution in [3.63, 3.8) is 0 Å². The molecule has 5 fully saturated rings. The second-order valence-electron chi connectivity index (χ2n) is 10.8. The molecule has 1 aliphatic heterocycles. The molecule has 32 heavy (non-hydrogen) atoms. The van der Waals surface area contributed by atoms with Crippen LogP contribution in [-0.4, -0.2) is 35.5 Å². The molecule has 4 aliphatic carbocycles. The first-order valence-corrected chi connectivity index (χ1v) is 12.9. The minimum atomic E-state index is -0.0952. The van der Waals surface area contributed by atoms with Crippen molar-refractivity contribution >= 4 is 35.1 Å². The lowest BCUT2D eigenvalue weighted by atomic mass is 9.53. The number of carbonyl (C=O) groups is 2. The van der Waals surface area contributed by atoms with Crippen LogP contribution in [0.3, 0.4) is 0 Å². The van der Waals surface area contributed by atoms with Crippen LogP contribution >= 0.6 is 23.2 Å². The lowest BCUT2D eigenvalue weighted by Gasteiger charge is -2.57. The van der Waals surface area contributed by atoms with Gasteiger partial charge in [0.2, 0.25) is 5.91 Å². The number of benzene rings is 1. The number of amides is 3. The van der Waals surface area contributed by atoms with Gasteiger partial charge >= 0.3 is 6.03 Å². The second kappa shape index (κ2) is 9.06. The molecule has 0 spiro atoms. The molecule has 174 valence electrons. The Kier molecular flexibility index (Phi) is 6.32. The number of nitrogens with one attached hydrogen (secondary N) is 2. The Morgan fingerprint density at radius 2 is 1.75 bits per heavy atom. The van der Waals surface area contributed by atoms with Crippen molar-refractivity contribution in [1.82, 2.24) is 15.5 Å². The van der Waals surface area contributed by atoms with Gasteiger partial charge in [-0.3, -0.25) is 4.79 Å². The van der Waals surface area contributed by atoms with Gasteiger partial charge in [0.15, 0.2) is 0 Å². The van der Waals surface area contributed by atoms with Crippen LogP contribution in [0.15, 0.2) is 18.2 Å². The molecule has 1 aromatic carbocycles. The smallest absolute Gasteiger partial charge is 0.317 e. The van der Waals surface area contributed by atoms with Crippen LogP contribution in [0, 0.1) is 23.7 Å². The summed E-state index contributed by atoms with van der Waals surface area (Å²) in [5.74, 6) is 2.88. The highest BCUT2D eigenvalue weighted by Crippen LogP contribution is 2.55. The maximum absolute atomic E-state index is 13.0. The Balaban J connectivity index is 1.11. The van der Waals surface area contributed by atoms with Gasteiger partial charge in [-0.25, -0.2) is 4.79 Å². The van der Waals surface area contributed by atoms with Gasteiger partial charge < -0.3 is 15.5 Å². The van der Waals surface area contributed by atoms with E-state index in [0.717, 1.165) is 42.7 Å². The highest BCUT2D eigenvalue weighted by atomic mass is 35.5. The molecule has 3 amide bonds. The van der Waals surface area contributed by atoms with Crippen LogP contribution in [0.2, 0.25) is 10.0 Å². The number of likely N-dealkylation sites (tertiary alicyclic amines) is 1. The molecule has 1 atom stereocenters. The molecule has 1 unspecified atom stereocenters. The predicted octanol–water partition coefficient (Wildman–Crippen LogP) is 5.39. The first-order valence-electron chi connectivity index (χ1n) is 12.2. The van der Waals surface area contributed by atoms with E-state index in [-0.39, 0.29) is 23.4 Å². The quantitative estimate of drug-likeness (QED) is 0.596. The lowest BCUT2D eigenvalue weighted by Crippen LogP contribution is -2.60. The van der Waals surface area contributed by atoms with Crippen molar-refractivity contribution in [2.45, 2.75) is 69.9 Å². The fraction of sp³-hybridized carbons (Fsp3) is 0.680. The molecule has 4 bridgehead atoms. The van der Waals surface area contributed by atoms with Crippen molar-refractivity contribution in [3.8, 4) is 0 Å². The topological polar surface area (TPSA) is 61.4 Å². The number of rotatable bonds is 5. The Morgan fingerprint density at radius 1 is 1.06 bits per heavy atom. The molecule has 1 saturated heterocycles. The third-order valence-corrected chi connectivity index (χ3v) is 8.76. The predicted molar refractivity (Wildman–Crippen MR) is 127 cm³/mol. The number of piperidine rings is 1. The van der Waals surface area contributed by atoms with Gasteiger partial charge in [-0.2, -0.15) is 0 Å². The van der Waals surface area contributed by atoms with Crippen LogP contribution in [0.25, 0.3) is 0 Å². The van der Waals surface area contributed by atoms with E-state index in [1.165, 1.54) is 38.5 Å². The number of hydrogen-bond donors (Lipinski definition) is 2. The monoisotopic (exact) mass is 477 g/mol. The first kappa shape index (κ1) is 22.3. The van der Waals surface area contributed by atoms with E-state index >= 15 is 0 Å². The normalized spacial score (nSPS) is 33.2. The summed E-state index contributed by atoms with van der Waals surface area (Å²) >= 11 is 12.2. The summed E-state index contributed by atoms with van der Waals surface area (Å²) < 4.78 is 0. The van der Waals surface area contributed by atoms with Crippen LogP contribution in [-0.2, 0) is 11.3 Å². The fourth-order valence-corrected chi connectivity index (χ4v) is 7.71. The zero-order valence-corrected chi connectivity index (χ0v) is 20.1.